The number of rotatable bonds is 10. The molecule has 38 heavy (non-hydrogen) atoms. The van der Waals surface area contributed by atoms with Crippen molar-refractivity contribution in [2.75, 3.05) is 45.2 Å². The van der Waals surface area contributed by atoms with Gasteiger partial charge in [-0.15, -0.1) is 0 Å². The van der Waals surface area contributed by atoms with Crippen molar-refractivity contribution in [3.8, 4) is 0 Å². The van der Waals surface area contributed by atoms with E-state index in [0.29, 0.717) is 0 Å². The van der Waals surface area contributed by atoms with Crippen LogP contribution < -0.4 is 10.6 Å². The smallest absolute Gasteiger partial charge is 0.416 e. The molecule has 10 heteroatoms. The van der Waals surface area contributed by atoms with Gasteiger partial charge in [-0.1, -0.05) is 30.3 Å². The normalized spacial score (nSPS) is 17.4. The molecule has 1 heterocycles. The van der Waals surface area contributed by atoms with Gasteiger partial charge < -0.3 is 20.3 Å². The second-order valence-electron chi connectivity index (χ2n) is 9.95. The number of alkyl carbamates (subject to hydrolysis) is 1. The zero-order valence-corrected chi connectivity index (χ0v) is 21.8. The van der Waals surface area contributed by atoms with Crippen LogP contribution in [0, 0.1) is 5.92 Å². The maximum atomic E-state index is 13.6. The lowest BCUT2D eigenvalue weighted by atomic mass is 9.92. The summed E-state index contributed by atoms with van der Waals surface area (Å²) in [5.74, 6) is 0.415. The summed E-state index contributed by atoms with van der Waals surface area (Å²) < 4.78 is 45.7. The van der Waals surface area contributed by atoms with E-state index in [9.17, 15) is 22.8 Å². The molecule has 2 amide bonds. The topological polar surface area (TPSA) is 73.9 Å². The Labute approximate surface area is 221 Å². The molecule has 0 aromatic heterocycles. The molecule has 7 nitrogen and oxygen atoms in total. The molecule has 0 radical (unpaired) electrons. The summed E-state index contributed by atoms with van der Waals surface area (Å²) in [7, 11) is 1.40. The first kappa shape index (κ1) is 27.8. The van der Waals surface area contributed by atoms with Gasteiger partial charge in [0.05, 0.1) is 18.7 Å². The Hall–Kier alpha value is -3.27. The first-order chi connectivity index (χ1) is 18.2. The lowest BCUT2D eigenvalue weighted by Gasteiger charge is -2.36. The van der Waals surface area contributed by atoms with Gasteiger partial charge in [-0.3, -0.25) is 9.69 Å². The minimum atomic E-state index is -4.55. The van der Waals surface area contributed by atoms with Crippen LogP contribution >= 0.6 is 0 Å². The minimum Gasteiger partial charge on any atom is -0.448 e. The number of benzene rings is 2. The number of anilines is 1. The first-order valence-corrected chi connectivity index (χ1v) is 13.0. The lowest BCUT2D eigenvalue weighted by molar-refractivity contribution is -0.139. The van der Waals surface area contributed by atoms with Gasteiger partial charge in [0.1, 0.15) is 6.61 Å². The number of amides is 2. The minimum absolute atomic E-state index is 0.0186. The van der Waals surface area contributed by atoms with E-state index in [1.807, 2.05) is 12.1 Å². The van der Waals surface area contributed by atoms with Crippen molar-refractivity contribution in [1.29, 1.82) is 0 Å². The highest BCUT2D eigenvalue weighted by molar-refractivity contribution is 5.81. The molecule has 1 fully saturated rings. The predicted molar refractivity (Wildman–Crippen MR) is 139 cm³/mol. The molecule has 4 rings (SSSR count). The lowest BCUT2D eigenvalue weighted by Crippen LogP contribution is -2.39. The van der Waals surface area contributed by atoms with Crippen molar-refractivity contribution in [2.45, 2.75) is 44.9 Å². The van der Waals surface area contributed by atoms with E-state index in [2.05, 4.69) is 28.5 Å². The van der Waals surface area contributed by atoms with Gasteiger partial charge in [0, 0.05) is 38.4 Å². The fourth-order valence-electron chi connectivity index (χ4n) is 5.00. The van der Waals surface area contributed by atoms with Crippen molar-refractivity contribution in [1.82, 2.24) is 15.1 Å². The molecule has 2 aliphatic rings. The Balaban J connectivity index is 1.46. The summed E-state index contributed by atoms with van der Waals surface area (Å²) >= 11 is 0. The Kier molecular flexibility index (Phi) is 8.81. The molecule has 0 bridgehead atoms. The van der Waals surface area contributed by atoms with E-state index >= 15 is 0 Å². The molecular weight excluding hydrogens is 497 g/mol. The summed E-state index contributed by atoms with van der Waals surface area (Å²) in [5, 5.41) is 5.54. The van der Waals surface area contributed by atoms with Gasteiger partial charge in [0.2, 0.25) is 5.91 Å². The van der Waals surface area contributed by atoms with Gasteiger partial charge in [-0.25, -0.2) is 4.79 Å². The number of alkyl halides is 3. The molecule has 1 atom stereocenters. The summed E-state index contributed by atoms with van der Waals surface area (Å²) in [6, 6.07) is 11.5. The molecule has 0 spiro atoms. The van der Waals surface area contributed by atoms with E-state index in [-0.39, 0.29) is 43.8 Å². The highest BCUT2D eigenvalue weighted by atomic mass is 19.4. The predicted octanol–water partition coefficient (Wildman–Crippen LogP) is 4.83. The van der Waals surface area contributed by atoms with Gasteiger partial charge in [-0.05, 0) is 60.9 Å². The highest BCUT2D eigenvalue weighted by Gasteiger charge is 2.34. The van der Waals surface area contributed by atoms with Crippen molar-refractivity contribution in [3.05, 3.63) is 64.7 Å². The van der Waals surface area contributed by atoms with Crippen LogP contribution in [0.1, 0.15) is 48.1 Å². The number of halogens is 3. The summed E-state index contributed by atoms with van der Waals surface area (Å²) in [6.45, 7) is 3.74. The number of carbonyl (C=O) groups excluding carboxylic acids is 2. The number of hydrogen-bond acceptors (Lipinski definition) is 5. The molecule has 2 aromatic rings. The maximum Gasteiger partial charge on any atom is 0.416 e. The second kappa shape index (κ2) is 12.1. The molecule has 1 saturated carbocycles. The van der Waals surface area contributed by atoms with E-state index in [4.69, 9.17) is 4.74 Å². The number of hydrogen-bond donors (Lipinski definition) is 2. The van der Waals surface area contributed by atoms with Gasteiger partial charge in [-0.2, -0.15) is 13.2 Å². The maximum absolute atomic E-state index is 13.6. The van der Waals surface area contributed by atoms with Gasteiger partial charge >= 0.3 is 12.3 Å². The molecular formula is C28H35F3N4O3. The average molecular weight is 533 g/mol. The third-order valence-electron chi connectivity index (χ3n) is 7.31. The summed E-state index contributed by atoms with van der Waals surface area (Å²) in [4.78, 5) is 28.5. The van der Waals surface area contributed by atoms with Crippen molar-refractivity contribution >= 4 is 17.7 Å². The van der Waals surface area contributed by atoms with Crippen LogP contribution in [-0.4, -0.2) is 61.6 Å². The van der Waals surface area contributed by atoms with E-state index in [1.165, 1.54) is 54.1 Å². The van der Waals surface area contributed by atoms with E-state index in [0.717, 1.165) is 37.2 Å². The SMILES string of the molecule is CNC(=O)OCCN(Cc1ccccc1C(F)(F)F)C(=O)CNc1cccc2c1CCN(CC1CC1)C2C. The number of fused-ring (bicyclic) bond motifs is 1. The van der Waals surface area contributed by atoms with Crippen LogP contribution in [0.25, 0.3) is 0 Å². The highest BCUT2D eigenvalue weighted by Crippen LogP contribution is 2.38. The third-order valence-corrected chi connectivity index (χ3v) is 7.31. The first-order valence-electron chi connectivity index (χ1n) is 13.0. The number of ether oxygens (including phenoxy) is 1. The molecule has 206 valence electrons. The monoisotopic (exact) mass is 532 g/mol. The van der Waals surface area contributed by atoms with Crippen LogP contribution in [0.3, 0.4) is 0 Å². The Morgan fingerprint density at radius 2 is 1.89 bits per heavy atom. The van der Waals surface area contributed by atoms with Crippen LogP contribution in [0.5, 0.6) is 0 Å². The fourth-order valence-corrected chi connectivity index (χ4v) is 5.00. The summed E-state index contributed by atoms with van der Waals surface area (Å²) in [6.07, 6.45) is -1.75. The average Bonchev–Trinajstić information content (AvgIpc) is 3.72. The zero-order chi connectivity index (χ0) is 27.3. The second-order valence-corrected chi connectivity index (χ2v) is 9.95. The largest absolute Gasteiger partial charge is 0.448 e. The Bertz CT molecular complexity index is 1140. The van der Waals surface area contributed by atoms with Crippen LogP contribution in [0.4, 0.5) is 23.7 Å². The molecule has 0 saturated heterocycles. The van der Waals surface area contributed by atoms with Crippen molar-refractivity contribution in [2.24, 2.45) is 5.92 Å². The van der Waals surface area contributed by atoms with Crippen LogP contribution in [0.2, 0.25) is 0 Å². The zero-order valence-electron chi connectivity index (χ0n) is 21.8. The third kappa shape index (κ3) is 6.98. The number of nitrogens with one attached hydrogen (secondary N) is 2. The fraction of sp³-hybridized carbons (Fsp3) is 0.500. The van der Waals surface area contributed by atoms with Crippen molar-refractivity contribution in [3.63, 3.8) is 0 Å². The molecule has 1 aliphatic carbocycles. The molecule has 1 unspecified atom stereocenters. The number of carbonyl (C=O) groups is 2. The van der Waals surface area contributed by atoms with Crippen molar-refractivity contribution < 1.29 is 27.5 Å². The Morgan fingerprint density at radius 3 is 2.61 bits per heavy atom. The Morgan fingerprint density at radius 1 is 1.13 bits per heavy atom. The van der Waals surface area contributed by atoms with E-state index in [1.54, 1.807) is 0 Å². The van der Waals surface area contributed by atoms with Gasteiger partial charge in [0.15, 0.2) is 0 Å². The van der Waals surface area contributed by atoms with Crippen LogP contribution in [0.15, 0.2) is 42.5 Å². The van der Waals surface area contributed by atoms with Gasteiger partial charge in [0.25, 0.3) is 0 Å². The van der Waals surface area contributed by atoms with E-state index < -0.39 is 17.8 Å². The molecule has 2 N–H and O–H groups in total. The molecule has 1 aliphatic heterocycles. The standard InChI is InChI=1S/C28H35F3N4O3/c1-19-22-7-5-9-25(23(22)12-13-34(19)17-20-10-11-20)33-16-26(36)35(14-15-38-27(37)32-2)18-21-6-3-4-8-24(21)28(29,30)31/h3-9,19-20,33H,10-18H2,1-2H3,(H,32,37). The molecule has 2 aromatic carbocycles. The number of nitrogens with zero attached hydrogens (tertiary/aromatic N) is 2. The quantitative estimate of drug-likeness (QED) is 0.459. The van der Waals surface area contributed by atoms with Crippen LogP contribution in [-0.2, 0) is 28.7 Å². The summed E-state index contributed by atoms with van der Waals surface area (Å²) in [5.41, 5.74) is 2.47.